The molecule has 7 nitrogen and oxygen atoms in total. The molecule has 0 bridgehead atoms. The Bertz CT molecular complexity index is 519. The van der Waals surface area contributed by atoms with Crippen LogP contribution in [0.25, 0.3) is 0 Å². The third-order valence-corrected chi connectivity index (χ3v) is 3.99. The van der Waals surface area contributed by atoms with E-state index in [4.69, 9.17) is 12.2 Å². The van der Waals surface area contributed by atoms with Gasteiger partial charge in [0.1, 0.15) is 10.5 Å². The van der Waals surface area contributed by atoms with Crippen molar-refractivity contribution in [2.75, 3.05) is 19.6 Å². The molecule has 1 aliphatic rings. The molecule has 1 aromatic rings. The highest BCUT2D eigenvalue weighted by Crippen LogP contribution is 2.17. The average molecular weight is 315 g/mol. The van der Waals surface area contributed by atoms with Crippen LogP contribution in [0.5, 0.6) is 0 Å². The van der Waals surface area contributed by atoms with E-state index in [2.05, 4.69) is 27.8 Å². The summed E-state index contributed by atoms with van der Waals surface area (Å²) in [6, 6.07) is 0.204. The standard InChI is InChI=1S/C11H17N5O2S2/c1-8-13-7-10(16(17)18)14(8)4-2-9-6-12-3-5-15(9)11(19)20/h7,9,12H,2-6H2,1H3,(H,19,20). The van der Waals surface area contributed by atoms with Crippen molar-refractivity contribution in [3.8, 4) is 0 Å². The molecule has 0 aromatic carbocycles. The highest BCUT2D eigenvalue weighted by atomic mass is 32.1. The van der Waals surface area contributed by atoms with Crippen LogP contribution in [0.1, 0.15) is 12.2 Å². The third-order valence-electron chi connectivity index (χ3n) is 3.50. The first kappa shape index (κ1) is 15.2. The van der Waals surface area contributed by atoms with Crippen molar-refractivity contribution >= 4 is 35.0 Å². The number of imidazole rings is 1. The van der Waals surface area contributed by atoms with Gasteiger partial charge in [0.25, 0.3) is 0 Å². The number of aryl methyl sites for hydroxylation is 1. The Balaban J connectivity index is 2.06. The Morgan fingerprint density at radius 3 is 3.15 bits per heavy atom. The maximum absolute atomic E-state index is 10.9. The number of thiol groups is 1. The smallest absolute Gasteiger partial charge is 0.342 e. The van der Waals surface area contributed by atoms with Crippen molar-refractivity contribution in [3.05, 3.63) is 22.1 Å². The number of aromatic nitrogens is 2. The Kier molecular flexibility index (Phi) is 4.95. The highest BCUT2D eigenvalue weighted by Gasteiger charge is 2.25. The fraction of sp³-hybridized carbons (Fsp3) is 0.636. The second-order valence-electron chi connectivity index (χ2n) is 4.69. The molecule has 0 aliphatic carbocycles. The zero-order valence-corrected chi connectivity index (χ0v) is 12.9. The van der Waals surface area contributed by atoms with Crippen LogP contribution >= 0.6 is 24.8 Å². The molecule has 2 rings (SSSR count). The number of nitro groups is 1. The van der Waals surface area contributed by atoms with Crippen LogP contribution in [-0.4, -0.2) is 49.4 Å². The lowest BCUT2D eigenvalue weighted by Gasteiger charge is -2.36. The topological polar surface area (TPSA) is 76.2 Å². The first-order chi connectivity index (χ1) is 9.50. The van der Waals surface area contributed by atoms with Crippen LogP contribution in [0.3, 0.4) is 0 Å². The zero-order valence-electron chi connectivity index (χ0n) is 11.2. The van der Waals surface area contributed by atoms with E-state index < -0.39 is 4.92 Å². The van der Waals surface area contributed by atoms with Gasteiger partial charge in [-0.3, -0.25) is 0 Å². The van der Waals surface area contributed by atoms with Crippen LogP contribution < -0.4 is 5.32 Å². The number of rotatable bonds is 4. The molecule has 9 heteroatoms. The molecule has 2 heterocycles. The number of hydrogen-bond acceptors (Lipinski definition) is 5. The predicted octanol–water partition coefficient (Wildman–Crippen LogP) is 0.978. The van der Waals surface area contributed by atoms with E-state index in [1.165, 1.54) is 6.20 Å². The number of hydrogen-bond donors (Lipinski definition) is 2. The van der Waals surface area contributed by atoms with Gasteiger partial charge >= 0.3 is 5.82 Å². The van der Waals surface area contributed by atoms with Crippen LogP contribution in [0.15, 0.2) is 6.20 Å². The Morgan fingerprint density at radius 1 is 1.75 bits per heavy atom. The molecule has 1 atom stereocenters. The predicted molar refractivity (Wildman–Crippen MR) is 83.2 cm³/mol. The van der Waals surface area contributed by atoms with Crippen molar-refractivity contribution in [3.63, 3.8) is 0 Å². The molecular formula is C11H17N5O2S2. The van der Waals surface area contributed by atoms with Gasteiger partial charge in [-0.15, -0.1) is 12.6 Å². The van der Waals surface area contributed by atoms with Crippen molar-refractivity contribution < 1.29 is 4.92 Å². The lowest BCUT2D eigenvalue weighted by Crippen LogP contribution is -2.52. The first-order valence-corrected chi connectivity index (χ1v) is 7.23. The van der Waals surface area contributed by atoms with Gasteiger partial charge in [-0.05, 0) is 4.92 Å². The summed E-state index contributed by atoms with van der Waals surface area (Å²) in [4.78, 5) is 16.6. The summed E-state index contributed by atoms with van der Waals surface area (Å²) in [5, 5.41) is 14.3. The zero-order chi connectivity index (χ0) is 14.7. The van der Waals surface area contributed by atoms with Gasteiger partial charge in [-0.1, -0.05) is 12.2 Å². The number of piperazine rings is 1. The average Bonchev–Trinajstić information content (AvgIpc) is 2.78. The van der Waals surface area contributed by atoms with E-state index in [0.717, 1.165) is 26.1 Å². The Labute approximate surface area is 127 Å². The molecule has 0 saturated carbocycles. The van der Waals surface area contributed by atoms with Crippen molar-refractivity contribution in [2.24, 2.45) is 0 Å². The summed E-state index contributed by atoms with van der Waals surface area (Å²) in [6.07, 6.45) is 2.06. The minimum Gasteiger partial charge on any atom is -0.358 e. The van der Waals surface area contributed by atoms with Crippen molar-refractivity contribution in [1.82, 2.24) is 19.8 Å². The molecule has 0 radical (unpaired) electrons. The molecule has 1 unspecified atom stereocenters. The molecule has 1 aliphatic heterocycles. The second kappa shape index (κ2) is 6.51. The summed E-state index contributed by atoms with van der Waals surface area (Å²) in [7, 11) is 0. The van der Waals surface area contributed by atoms with Gasteiger partial charge in [0, 0.05) is 39.0 Å². The monoisotopic (exact) mass is 315 g/mol. The largest absolute Gasteiger partial charge is 0.358 e. The van der Waals surface area contributed by atoms with E-state index in [1.54, 1.807) is 11.5 Å². The summed E-state index contributed by atoms with van der Waals surface area (Å²) >= 11 is 9.38. The SMILES string of the molecule is Cc1ncc([N+](=O)[O-])n1CCC1CNCCN1C(=S)S. The second-order valence-corrected chi connectivity index (χ2v) is 5.81. The third kappa shape index (κ3) is 3.28. The summed E-state index contributed by atoms with van der Waals surface area (Å²) < 4.78 is 2.21. The van der Waals surface area contributed by atoms with Gasteiger partial charge in [-0.2, -0.15) is 0 Å². The molecule has 0 spiro atoms. The Hall–Kier alpha value is -1.19. The molecule has 1 N–H and O–H groups in total. The summed E-state index contributed by atoms with van der Waals surface area (Å²) in [5.41, 5.74) is 0. The van der Waals surface area contributed by atoms with Crippen molar-refractivity contribution in [1.29, 1.82) is 0 Å². The van der Waals surface area contributed by atoms with E-state index in [0.29, 0.717) is 16.7 Å². The molecule has 20 heavy (non-hydrogen) atoms. The number of nitrogens with one attached hydrogen (secondary N) is 1. The van der Waals surface area contributed by atoms with E-state index in [-0.39, 0.29) is 11.9 Å². The van der Waals surface area contributed by atoms with E-state index >= 15 is 0 Å². The van der Waals surface area contributed by atoms with Crippen LogP contribution in [0, 0.1) is 17.0 Å². The van der Waals surface area contributed by atoms with Gasteiger partial charge in [0.15, 0.2) is 5.82 Å². The highest BCUT2D eigenvalue weighted by molar-refractivity contribution is 8.10. The maximum atomic E-state index is 10.9. The number of nitrogens with zero attached hydrogens (tertiary/aromatic N) is 4. The molecule has 1 saturated heterocycles. The lowest BCUT2D eigenvalue weighted by molar-refractivity contribution is -0.392. The lowest BCUT2D eigenvalue weighted by atomic mass is 10.1. The van der Waals surface area contributed by atoms with Crippen molar-refractivity contribution in [2.45, 2.75) is 25.9 Å². The number of thiocarbonyl (C=S) groups is 1. The normalized spacial score (nSPS) is 19.1. The fourth-order valence-corrected chi connectivity index (χ4v) is 2.93. The maximum Gasteiger partial charge on any atom is 0.342 e. The molecule has 0 amide bonds. The van der Waals surface area contributed by atoms with Gasteiger partial charge in [-0.25, -0.2) is 9.55 Å². The molecule has 1 fully saturated rings. The van der Waals surface area contributed by atoms with E-state index in [9.17, 15) is 10.1 Å². The van der Waals surface area contributed by atoms with Gasteiger partial charge < -0.3 is 20.3 Å². The fourth-order valence-electron chi connectivity index (χ4n) is 2.43. The molecule has 110 valence electrons. The summed E-state index contributed by atoms with van der Waals surface area (Å²) in [5.74, 6) is 0.687. The van der Waals surface area contributed by atoms with Gasteiger partial charge in [0.05, 0.1) is 6.54 Å². The minimum absolute atomic E-state index is 0.0336. The van der Waals surface area contributed by atoms with E-state index in [1.807, 2.05) is 0 Å². The minimum atomic E-state index is -0.403. The quantitative estimate of drug-likeness (QED) is 0.373. The Morgan fingerprint density at radius 2 is 2.50 bits per heavy atom. The first-order valence-electron chi connectivity index (χ1n) is 6.37. The van der Waals surface area contributed by atoms with Crippen LogP contribution in [0.4, 0.5) is 5.82 Å². The van der Waals surface area contributed by atoms with Crippen LogP contribution in [-0.2, 0) is 6.54 Å². The molecule has 1 aromatic heterocycles. The summed E-state index contributed by atoms with van der Waals surface area (Å²) in [6.45, 7) is 4.82. The molecular weight excluding hydrogens is 298 g/mol. The van der Waals surface area contributed by atoms with Crippen LogP contribution in [0.2, 0.25) is 0 Å². The van der Waals surface area contributed by atoms with Gasteiger partial charge in [0.2, 0.25) is 0 Å².